The zero-order valence-corrected chi connectivity index (χ0v) is 14.0. The summed E-state index contributed by atoms with van der Waals surface area (Å²) in [5, 5.41) is 7.11. The van der Waals surface area contributed by atoms with E-state index in [1.54, 1.807) is 0 Å². The van der Waals surface area contributed by atoms with Gasteiger partial charge in [0.2, 0.25) is 0 Å². The van der Waals surface area contributed by atoms with E-state index in [4.69, 9.17) is 4.74 Å². The van der Waals surface area contributed by atoms with Crippen molar-refractivity contribution in [3.05, 3.63) is 29.8 Å². The van der Waals surface area contributed by atoms with Gasteiger partial charge in [-0.3, -0.25) is 4.79 Å². The number of carbonyl (C=O) groups is 1. The number of hydrogen-bond donors (Lipinski definition) is 2. The predicted octanol–water partition coefficient (Wildman–Crippen LogP) is 3.64. The first-order chi connectivity index (χ1) is 11.3. The largest absolute Gasteiger partial charge is 0.466 e. The standard InChI is InChI=1S/C19H28N2O2/c1-2-23-19(22)17-8-5-13-20-18(17)14-9-11-16(12-10-14)21-15-6-3-4-7-15/h9-12,15,17-18,20-21H,2-8,13H2,1H3/t17-,18-/m1/s1. The highest BCUT2D eigenvalue weighted by Gasteiger charge is 2.32. The van der Waals surface area contributed by atoms with Crippen LogP contribution < -0.4 is 10.6 Å². The molecule has 2 atom stereocenters. The second kappa shape index (κ2) is 7.82. The normalized spacial score (nSPS) is 25.3. The Balaban J connectivity index is 1.67. The second-order valence-electron chi connectivity index (χ2n) is 6.68. The van der Waals surface area contributed by atoms with Gasteiger partial charge in [0.05, 0.1) is 12.5 Å². The summed E-state index contributed by atoms with van der Waals surface area (Å²) in [5.74, 6) is -0.143. The molecule has 1 heterocycles. The van der Waals surface area contributed by atoms with Crippen LogP contribution in [0.1, 0.15) is 57.1 Å². The fourth-order valence-corrected chi connectivity index (χ4v) is 3.83. The summed E-state index contributed by atoms with van der Waals surface area (Å²) in [5.41, 5.74) is 2.36. The van der Waals surface area contributed by atoms with Crippen LogP contribution >= 0.6 is 0 Å². The number of benzene rings is 1. The first-order valence-corrected chi connectivity index (χ1v) is 9.04. The molecule has 0 unspecified atom stereocenters. The Morgan fingerprint density at radius 1 is 1.17 bits per heavy atom. The molecule has 1 aromatic rings. The molecule has 0 aromatic heterocycles. The van der Waals surface area contributed by atoms with Crippen LogP contribution in [0.2, 0.25) is 0 Å². The summed E-state index contributed by atoms with van der Waals surface area (Å²) >= 11 is 0. The topological polar surface area (TPSA) is 50.4 Å². The van der Waals surface area contributed by atoms with Crippen molar-refractivity contribution >= 4 is 11.7 Å². The number of esters is 1. The van der Waals surface area contributed by atoms with E-state index in [0.717, 1.165) is 19.4 Å². The molecular formula is C19H28N2O2. The van der Waals surface area contributed by atoms with Gasteiger partial charge < -0.3 is 15.4 Å². The Hall–Kier alpha value is -1.55. The fraction of sp³-hybridized carbons (Fsp3) is 0.632. The molecule has 126 valence electrons. The van der Waals surface area contributed by atoms with Gasteiger partial charge in [0, 0.05) is 17.8 Å². The van der Waals surface area contributed by atoms with Crippen molar-refractivity contribution in [2.45, 2.75) is 57.5 Å². The third kappa shape index (κ3) is 4.05. The molecular weight excluding hydrogens is 288 g/mol. The van der Waals surface area contributed by atoms with Gasteiger partial charge in [-0.2, -0.15) is 0 Å². The predicted molar refractivity (Wildman–Crippen MR) is 92.4 cm³/mol. The minimum atomic E-state index is -0.0719. The minimum absolute atomic E-state index is 0.0714. The zero-order chi connectivity index (χ0) is 16.1. The van der Waals surface area contributed by atoms with Crippen LogP contribution in [0.15, 0.2) is 24.3 Å². The third-order valence-corrected chi connectivity index (χ3v) is 5.04. The lowest BCUT2D eigenvalue weighted by Crippen LogP contribution is -2.39. The second-order valence-corrected chi connectivity index (χ2v) is 6.68. The monoisotopic (exact) mass is 316 g/mol. The molecule has 1 aliphatic carbocycles. The molecule has 2 fully saturated rings. The Labute approximate surface area is 139 Å². The van der Waals surface area contributed by atoms with Gasteiger partial charge in [0.25, 0.3) is 0 Å². The van der Waals surface area contributed by atoms with Gasteiger partial charge in [-0.05, 0) is 56.8 Å². The molecule has 0 spiro atoms. The molecule has 4 nitrogen and oxygen atoms in total. The molecule has 2 N–H and O–H groups in total. The quantitative estimate of drug-likeness (QED) is 0.814. The Kier molecular flexibility index (Phi) is 5.55. The molecule has 3 rings (SSSR count). The van der Waals surface area contributed by atoms with E-state index in [2.05, 4.69) is 34.9 Å². The van der Waals surface area contributed by atoms with E-state index >= 15 is 0 Å². The van der Waals surface area contributed by atoms with Gasteiger partial charge in [0.15, 0.2) is 0 Å². The van der Waals surface area contributed by atoms with Crippen LogP contribution in [-0.4, -0.2) is 25.2 Å². The van der Waals surface area contributed by atoms with E-state index in [9.17, 15) is 4.79 Å². The molecule has 1 saturated heterocycles. The van der Waals surface area contributed by atoms with E-state index in [-0.39, 0.29) is 17.9 Å². The lowest BCUT2D eigenvalue weighted by atomic mass is 9.86. The molecule has 4 heteroatoms. The van der Waals surface area contributed by atoms with E-state index in [1.807, 2.05) is 6.92 Å². The zero-order valence-electron chi connectivity index (χ0n) is 14.0. The maximum atomic E-state index is 12.2. The maximum Gasteiger partial charge on any atom is 0.310 e. The average Bonchev–Trinajstić information content (AvgIpc) is 3.09. The highest BCUT2D eigenvalue weighted by atomic mass is 16.5. The number of nitrogens with one attached hydrogen (secondary N) is 2. The van der Waals surface area contributed by atoms with Crippen LogP contribution in [0.3, 0.4) is 0 Å². The highest BCUT2D eigenvalue weighted by Crippen LogP contribution is 2.31. The number of ether oxygens (including phenoxy) is 1. The summed E-state index contributed by atoms with van der Waals surface area (Å²) < 4.78 is 5.25. The molecule has 23 heavy (non-hydrogen) atoms. The van der Waals surface area contributed by atoms with Crippen molar-refractivity contribution in [3.8, 4) is 0 Å². The number of rotatable bonds is 5. The molecule has 1 aromatic carbocycles. The van der Waals surface area contributed by atoms with Crippen molar-refractivity contribution in [1.82, 2.24) is 5.32 Å². The Bertz CT molecular complexity index is 509. The number of carbonyl (C=O) groups excluding carboxylic acids is 1. The van der Waals surface area contributed by atoms with Gasteiger partial charge in [-0.25, -0.2) is 0 Å². The SMILES string of the molecule is CCOC(=O)[C@@H]1CCCN[C@@H]1c1ccc(NC2CCCC2)cc1. The summed E-state index contributed by atoms with van der Waals surface area (Å²) in [6.45, 7) is 3.28. The minimum Gasteiger partial charge on any atom is -0.466 e. The number of piperidine rings is 1. The molecule has 2 aliphatic rings. The summed E-state index contributed by atoms with van der Waals surface area (Å²) in [6.07, 6.45) is 7.15. The first-order valence-electron chi connectivity index (χ1n) is 9.04. The fourth-order valence-electron chi connectivity index (χ4n) is 3.83. The lowest BCUT2D eigenvalue weighted by molar-refractivity contribution is -0.150. The molecule has 0 bridgehead atoms. The molecule has 1 saturated carbocycles. The van der Waals surface area contributed by atoms with Crippen molar-refractivity contribution in [2.24, 2.45) is 5.92 Å². The van der Waals surface area contributed by atoms with Gasteiger partial charge >= 0.3 is 5.97 Å². The van der Waals surface area contributed by atoms with Crippen LogP contribution in [0.4, 0.5) is 5.69 Å². The van der Waals surface area contributed by atoms with Gasteiger partial charge in [-0.15, -0.1) is 0 Å². The third-order valence-electron chi connectivity index (χ3n) is 5.04. The Morgan fingerprint density at radius 3 is 2.61 bits per heavy atom. The van der Waals surface area contributed by atoms with Gasteiger partial charge in [0.1, 0.15) is 0 Å². The first kappa shape index (κ1) is 16.3. The molecule has 0 amide bonds. The lowest BCUT2D eigenvalue weighted by Gasteiger charge is -2.31. The van der Waals surface area contributed by atoms with Crippen LogP contribution in [0, 0.1) is 5.92 Å². The summed E-state index contributed by atoms with van der Waals surface area (Å²) in [6, 6.07) is 9.28. The van der Waals surface area contributed by atoms with E-state index in [0.29, 0.717) is 12.6 Å². The summed E-state index contributed by atoms with van der Waals surface area (Å²) in [4.78, 5) is 12.2. The number of anilines is 1. The maximum absolute atomic E-state index is 12.2. The summed E-state index contributed by atoms with van der Waals surface area (Å²) in [7, 11) is 0. The number of hydrogen-bond acceptors (Lipinski definition) is 4. The Morgan fingerprint density at radius 2 is 1.91 bits per heavy atom. The van der Waals surface area contributed by atoms with Crippen molar-refractivity contribution in [2.75, 3.05) is 18.5 Å². The van der Waals surface area contributed by atoms with Crippen LogP contribution in [0.5, 0.6) is 0 Å². The van der Waals surface area contributed by atoms with Crippen molar-refractivity contribution in [1.29, 1.82) is 0 Å². The van der Waals surface area contributed by atoms with Gasteiger partial charge in [-0.1, -0.05) is 25.0 Å². The molecule has 0 radical (unpaired) electrons. The van der Waals surface area contributed by atoms with Crippen molar-refractivity contribution in [3.63, 3.8) is 0 Å². The van der Waals surface area contributed by atoms with Crippen LogP contribution in [0.25, 0.3) is 0 Å². The van der Waals surface area contributed by atoms with E-state index < -0.39 is 0 Å². The smallest absolute Gasteiger partial charge is 0.310 e. The average molecular weight is 316 g/mol. The highest BCUT2D eigenvalue weighted by molar-refractivity contribution is 5.74. The van der Waals surface area contributed by atoms with Crippen molar-refractivity contribution < 1.29 is 9.53 Å². The van der Waals surface area contributed by atoms with Crippen LogP contribution in [-0.2, 0) is 9.53 Å². The van der Waals surface area contributed by atoms with E-state index in [1.165, 1.54) is 36.9 Å². The molecule has 1 aliphatic heterocycles.